The summed E-state index contributed by atoms with van der Waals surface area (Å²) >= 11 is 3.35. The second-order valence-corrected chi connectivity index (χ2v) is 6.06. The Morgan fingerprint density at radius 2 is 2.09 bits per heavy atom. The third-order valence-electron chi connectivity index (χ3n) is 3.49. The lowest BCUT2D eigenvalue weighted by Crippen LogP contribution is -2.30. The smallest absolute Gasteiger partial charge is 0.319 e. The first-order valence-corrected chi connectivity index (χ1v) is 7.97. The predicted octanol–water partition coefficient (Wildman–Crippen LogP) is 4.43. The van der Waals surface area contributed by atoms with Crippen LogP contribution in [0.25, 0.3) is 10.9 Å². The number of fused-ring (bicyclic) bond motifs is 1. The van der Waals surface area contributed by atoms with E-state index in [9.17, 15) is 9.18 Å². The molecule has 0 saturated heterocycles. The minimum absolute atomic E-state index is 0.265. The van der Waals surface area contributed by atoms with Gasteiger partial charge in [0.25, 0.3) is 0 Å². The van der Waals surface area contributed by atoms with E-state index >= 15 is 0 Å². The van der Waals surface area contributed by atoms with Gasteiger partial charge in [0.15, 0.2) is 0 Å². The van der Waals surface area contributed by atoms with Crippen molar-refractivity contribution in [1.82, 2.24) is 10.3 Å². The van der Waals surface area contributed by atoms with E-state index in [1.54, 1.807) is 6.07 Å². The molecule has 0 atom stereocenters. The number of benzene rings is 2. The molecule has 4 nitrogen and oxygen atoms in total. The van der Waals surface area contributed by atoms with Gasteiger partial charge in [-0.25, -0.2) is 9.18 Å². The van der Waals surface area contributed by atoms with Crippen LogP contribution in [0.1, 0.15) is 5.56 Å². The number of urea groups is 1. The number of carbonyl (C=O) groups excluding carboxylic acids is 1. The molecule has 0 saturated carbocycles. The predicted molar refractivity (Wildman–Crippen MR) is 93.1 cm³/mol. The number of hydrogen-bond acceptors (Lipinski definition) is 1. The van der Waals surface area contributed by atoms with Crippen molar-refractivity contribution in [2.75, 3.05) is 11.9 Å². The Balaban J connectivity index is 1.56. The molecule has 23 heavy (non-hydrogen) atoms. The van der Waals surface area contributed by atoms with Gasteiger partial charge in [-0.15, -0.1) is 0 Å². The van der Waals surface area contributed by atoms with Gasteiger partial charge in [-0.3, -0.25) is 0 Å². The van der Waals surface area contributed by atoms with Crippen LogP contribution in [0.2, 0.25) is 0 Å². The number of H-pyrrole nitrogens is 1. The van der Waals surface area contributed by atoms with Gasteiger partial charge >= 0.3 is 6.03 Å². The molecule has 0 radical (unpaired) electrons. The van der Waals surface area contributed by atoms with Crippen molar-refractivity contribution in [1.29, 1.82) is 0 Å². The van der Waals surface area contributed by atoms with Crippen LogP contribution in [0.4, 0.5) is 14.9 Å². The summed E-state index contributed by atoms with van der Waals surface area (Å²) in [6.45, 7) is 0.462. The standard InChI is InChI=1S/C17H15BrFN3O/c18-12-2-1-3-14(8-12)22-17(23)20-7-6-11-10-21-16-5-4-13(19)9-15(11)16/h1-5,8-10,21H,6-7H2,(H2,20,22,23). The highest BCUT2D eigenvalue weighted by molar-refractivity contribution is 9.10. The largest absolute Gasteiger partial charge is 0.361 e. The number of aromatic nitrogens is 1. The highest BCUT2D eigenvalue weighted by Crippen LogP contribution is 2.19. The lowest BCUT2D eigenvalue weighted by atomic mass is 10.1. The van der Waals surface area contributed by atoms with Crippen molar-refractivity contribution in [3.8, 4) is 0 Å². The summed E-state index contributed by atoms with van der Waals surface area (Å²) in [5.74, 6) is -0.265. The van der Waals surface area contributed by atoms with Gasteiger partial charge in [0.1, 0.15) is 5.82 Å². The number of aromatic amines is 1. The molecule has 0 aliphatic rings. The Kier molecular flexibility index (Phi) is 4.62. The first-order chi connectivity index (χ1) is 11.1. The van der Waals surface area contributed by atoms with Crippen LogP contribution in [0.3, 0.4) is 0 Å². The molecule has 1 heterocycles. The number of carbonyl (C=O) groups is 1. The second-order valence-electron chi connectivity index (χ2n) is 5.15. The molecule has 0 fully saturated rings. The zero-order valence-electron chi connectivity index (χ0n) is 12.2. The fourth-order valence-electron chi connectivity index (χ4n) is 2.41. The molecule has 118 valence electrons. The van der Waals surface area contributed by atoms with Crippen molar-refractivity contribution in [2.45, 2.75) is 6.42 Å². The van der Waals surface area contributed by atoms with E-state index in [2.05, 4.69) is 31.5 Å². The van der Waals surface area contributed by atoms with E-state index in [0.717, 1.165) is 20.9 Å². The van der Waals surface area contributed by atoms with Gasteiger partial charge in [-0.05, 0) is 48.4 Å². The Morgan fingerprint density at radius 1 is 1.22 bits per heavy atom. The van der Waals surface area contributed by atoms with Gasteiger partial charge < -0.3 is 15.6 Å². The van der Waals surface area contributed by atoms with Crippen LogP contribution in [0, 0.1) is 5.82 Å². The SMILES string of the molecule is O=C(NCCc1c[nH]c2ccc(F)cc12)Nc1cccc(Br)c1. The van der Waals surface area contributed by atoms with Crippen LogP contribution < -0.4 is 10.6 Å². The van der Waals surface area contributed by atoms with Gasteiger partial charge in [0, 0.05) is 33.8 Å². The van der Waals surface area contributed by atoms with Crippen molar-refractivity contribution in [2.24, 2.45) is 0 Å². The molecule has 0 bridgehead atoms. The maximum atomic E-state index is 13.3. The molecule has 2 aromatic carbocycles. The van der Waals surface area contributed by atoms with Crippen LogP contribution >= 0.6 is 15.9 Å². The van der Waals surface area contributed by atoms with E-state index in [4.69, 9.17) is 0 Å². The first kappa shape index (κ1) is 15.6. The first-order valence-electron chi connectivity index (χ1n) is 7.18. The molecule has 6 heteroatoms. The second kappa shape index (κ2) is 6.83. The van der Waals surface area contributed by atoms with E-state index in [1.807, 2.05) is 30.5 Å². The van der Waals surface area contributed by atoms with Crippen molar-refractivity contribution in [3.63, 3.8) is 0 Å². The zero-order chi connectivity index (χ0) is 16.2. The van der Waals surface area contributed by atoms with Gasteiger partial charge in [-0.1, -0.05) is 22.0 Å². The Bertz CT molecular complexity index is 847. The van der Waals surface area contributed by atoms with Crippen molar-refractivity contribution < 1.29 is 9.18 Å². The molecule has 3 aromatic rings. The van der Waals surface area contributed by atoms with Crippen molar-refractivity contribution >= 4 is 38.6 Å². The fourth-order valence-corrected chi connectivity index (χ4v) is 2.81. The molecule has 1 aromatic heterocycles. The van der Waals surface area contributed by atoms with Crippen LogP contribution in [0.15, 0.2) is 53.1 Å². The van der Waals surface area contributed by atoms with E-state index in [1.165, 1.54) is 12.1 Å². The maximum Gasteiger partial charge on any atom is 0.319 e. The normalized spacial score (nSPS) is 10.7. The minimum atomic E-state index is -0.269. The Hall–Kier alpha value is -2.34. The quantitative estimate of drug-likeness (QED) is 0.620. The molecule has 3 N–H and O–H groups in total. The summed E-state index contributed by atoms with van der Waals surface area (Å²) < 4.78 is 14.2. The van der Waals surface area contributed by atoms with E-state index in [-0.39, 0.29) is 11.8 Å². The molecule has 0 aliphatic heterocycles. The Morgan fingerprint density at radius 3 is 2.91 bits per heavy atom. The molecule has 3 rings (SSSR count). The van der Waals surface area contributed by atoms with E-state index < -0.39 is 0 Å². The monoisotopic (exact) mass is 375 g/mol. The van der Waals surface area contributed by atoms with Crippen LogP contribution in [-0.4, -0.2) is 17.6 Å². The molecule has 0 unspecified atom stereocenters. The zero-order valence-corrected chi connectivity index (χ0v) is 13.8. The van der Waals surface area contributed by atoms with Gasteiger partial charge in [0.2, 0.25) is 0 Å². The van der Waals surface area contributed by atoms with E-state index in [0.29, 0.717) is 18.7 Å². The molecule has 2 amide bonds. The van der Waals surface area contributed by atoms with Crippen LogP contribution in [0.5, 0.6) is 0 Å². The summed E-state index contributed by atoms with van der Waals surface area (Å²) in [6, 6.07) is 11.7. The maximum absolute atomic E-state index is 13.3. The summed E-state index contributed by atoms with van der Waals surface area (Å²) in [5, 5.41) is 6.40. The van der Waals surface area contributed by atoms with Gasteiger partial charge in [0.05, 0.1) is 0 Å². The topological polar surface area (TPSA) is 56.9 Å². The molecular weight excluding hydrogens is 361 g/mol. The third-order valence-corrected chi connectivity index (χ3v) is 3.99. The number of amides is 2. The van der Waals surface area contributed by atoms with Crippen molar-refractivity contribution in [3.05, 3.63) is 64.5 Å². The summed E-state index contributed by atoms with van der Waals surface area (Å²) in [5.41, 5.74) is 2.58. The van der Waals surface area contributed by atoms with Gasteiger partial charge in [-0.2, -0.15) is 0 Å². The molecule has 0 aliphatic carbocycles. The highest BCUT2D eigenvalue weighted by Gasteiger charge is 2.06. The number of rotatable bonds is 4. The number of halogens is 2. The number of hydrogen-bond donors (Lipinski definition) is 3. The lowest BCUT2D eigenvalue weighted by Gasteiger charge is -2.07. The highest BCUT2D eigenvalue weighted by atomic mass is 79.9. The average Bonchev–Trinajstić information content (AvgIpc) is 2.90. The lowest BCUT2D eigenvalue weighted by molar-refractivity contribution is 0.252. The Labute approximate surface area is 141 Å². The molecule has 0 spiro atoms. The molecular formula is C17H15BrFN3O. The summed E-state index contributed by atoms with van der Waals surface area (Å²) in [7, 11) is 0. The minimum Gasteiger partial charge on any atom is -0.361 e. The summed E-state index contributed by atoms with van der Waals surface area (Å²) in [4.78, 5) is 15.0. The number of nitrogens with one attached hydrogen (secondary N) is 3. The fraction of sp³-hybridized carbons (Fsp3) is 0.118. The summed E-state index contributed by atoms with van der Waals surface area (Å²) in [6.07, 6.45) is 2.47. The third kappa shape index (κ3) is 3.90. The average molecular weight is 376 g/mol. The van der Waals surface area contributed by atoms with Crippen LogP contribution in [-0.2, 0) is 6.42 Å². The number of anilines is 1.